The fraction of sp³-hybridized carbons (Fsp3) is 0.762. The first-order valence-electron chi connectivity index (χ1n) is 20.6. The van der Waals surface area contributed by atoms with E-state index in [0.29, 0.717) is 12.8 Å². The van der Waals surface area contributed by atoms with Crippen molar-refractivity contribution in [3.8, 4) is 0 Å². The summed E-state index contributed by atoms with van der Waals surface area (Å²) in [5.41, 5.74) is 0. The Bertz CT molecular complexity index is 1030. The molecule has 0 saturated carbocycles. The van der Waals surface area contributed by atoms with Crippen LogP contribution in [0.4, 0.5) is 0 Å². The number of hydrogen-bond donors (Lipinski definition) is 3. The summed E-state index contributed by atoms with van der Waals surface area (Å²) >= 11 is 0. The third-order valence-corrected chi connectivity index (χ3v) is 9.41. The summed E-state index contributed by atoms with van der Waals surface area (Å²) in [5.74, 6) is -0.974. The number of carbonyl (C=O) groups is 2. The van der Waals surface area contributed by atoms with Gasteiger partial charge in [0.1, 0.15) is 12.7 Å². The van der Waals surface area contributed by atoms with Gasteiger partial charge in [-0.2, -0.15) is 0 Å². The average molecular weight is 771 g/mol. The summed E-state index contributed by atoms with van der Waals surface area (Å²) in [6.07, 6.45) is 39.3. The van der Waals surface area contributed by atoms with Crippen molar-refractivity contribution in [1.29, 1.82) is 0 Å². The van der Waals surface area contributed by atoms with Crippen molar-refractivity contribution < 1.29 is 47.8 Å². The summed E-state index contributed by atoms with van der Waals surface area (Å²) in [4.78, 5) is 34.9. The maximum Gasteiger partial charge on any atom is 0.472 e. The first-order valence-corrected chi connectivity index (χ1v) is 22.1. The Morgan fingerprint density at radius 2 is 1.00 bits per heavy atom. The van der Waals surface area contributed by atoms with E-state index < -0.39 is 51.8 Å². The van der Waals surface area contributed by atoms with Gasteiger partial charge in [0.2, 0.25) is 0 Å². The Hall–Kier alpha value is -2.07. The van der Waals surface area contributed by atoms with Crippen molar-refractivity contribution in [2.75, 3.05) is 26.4 Å². The Kier molecular flexibility index (Phi) is 36.7. The predicted molar refractivity (Wildman–Crippen MR) is 214 cm³/mol. The molecule has 0 aliphatic heterocycles. The summed E-state index contributed by atoms with van der Waals surface area (Å²) in [6, 6.07) is 0. The zero-order valence-electron chi connectivity index (χ0n) is 33.2. The van der Waals surface area contributed by atoms with Crippen LogP contribution in [-0.4, -0.2) is 65.7 Å². The molecule has 0 saturated heterocycles. The Morgan fingerprint density at radius 3 is 1.58 bits per heavy atom. The molecule has 308 valence electrons. The van der Waals surface area contributed by atoms with Gasteiger partial charge in [-0.1, -0.05) is 133 Å². The van der Waals surface area contributed by atoms with E-state index in [0.717, 1.165) is 51.4 Å². The molecule has 0 amide bonds. The van der Waals surface area contributed by atoms with E-state index in [2.05, 4.69) is 67.0 Å². The van der Waals surface area contributed by atoms with Crippen LogP contribution in [0.1, 0.15) is 168 Å². The lowest BCUT2D eigenvalue weighted by Crippen LogP contribution is -2.29. The molecule has 10 nitrogen and oxygen atoms in total. The van der Waals surface area contributed by atoms with Gasteiger partial charge in [-0.05, 0) is 70.6 Å². The van der Waals surface area contributed by atoms with E-state index in [1.807, 2.05) is 0 Å². The topological polar surface area (TPSA) is 149 Å². The lowest BCUT2D eigenvalue weighted by molar-refractivity contribution is -0.161. The number of carbonyl (C=O) groups excluding carboxylic acids is 2. The molecule has 0 aromatic heterocycles. The van der Waals surface area contributed by atoms with Crippen LogP contribution >= 0.6 is 7.82 Å². The van der Waals surface area contributed by atoms with Crippen LogP contribution in [0.15, 0.2) is 48.6 Å². The second-order valence-corrected chi connectivity index (χ2v) is 15.1. The van der Waals surface area contributed by atoms with Crippen LogP contribution in [-0.2, 0) is 32.7 Å². The smallest absolute Gasteiger partial charge is 0.462 e. The summed E-state index contributed by atoms with van der Waals surface area (Å²) in [7, 11) is -4.62. The number of phosphoric ester groups is 1. The van der Waals surface area contributed by atoms with Crippen molar-refractivity contribution in [1.82, 2.24) is 0 Å². The maximum atomic E-state index is 12.6. The highest BCUT2D eigenvalue weighted by Gasteiger charge is 2.27. The number of unbranched alkanes of at least 4 members (excludes halogenated alkanes) is 16. The van der Waals surface area contributed by atoms with Gasteiger partial charge in [0.15, 0.2) is 6.10 Å². The zero-order chi connectivity index (χ0) is 39.1. The minimum atomic E-state index is -4.62. The second-order valence-electron chi connectivity index (χ2n) is 13.7. The minimum Gasteiger partial charge on any atom is -0.462 e. The number of hydrogen-bond acceptors (Lipinski definition) is 9. The molecule has 0 aliphatic carbocycles. The van der Waals surface area contributed by atoms with Crippen molar-refractivity contribution >= 4 is 19.8 Å². The standard InChI is InChI=1S/C42H75O10P/c1-3-5-7-9-11-13-15-17-19-21-23-25-27-29-31-33-41(45)49-37-40(38-51-53(47,48)50-36-39(44)35-43)52-42(46)34-32-30-28-26-24-22-20-18-16-14-12-10-8-6-4-2/h10-13,17,19,23,25,39-40,43-44H,3-9,14-16,18,20-22,24,26-38H2,1-2H3,(H,47,48)/b12-10+,13-11+,19-17+,25-23+/t39-,40+/m0/s1. The lowest BCUT2D eigenvalue weighted by atomic mass is 10.1. The van der Waals surface area contributed by atoms with Gasteiger partial charge in [-0.25, -0.2) is 4.57 Å². The second kappa shape index (κ2) is 38.2. The Morgan fingerprint density at radius 1 is 0.566 bits per heavy atom. The SMILES string of the molecule is CCCC/C=C/CCCCCCCCCCCC(=O)O[C@H](COC(=O)CCCC/C=C/C/C=C/C/C=C/CCCCC)COP(=O)(O)OC[C@@H](O)CO. The zero-order valence-corrected chi connectivity index (χ0v) is 34.1. The Labute approximate surface area is 322 Å². The van der Waals surface area contributed by atoms with Gasteiger partial charge in [0.05, 0.1) is 19.8 Å². The molecule has 3 N–H and O–H groups in total. The van der Waals surface area contributed by atoms with Gasteiger partial charge >= 0.3 is 19.8 Å². The number of phosphoric acid groups is 1. The number of aliphatic hydroxyl groups is 2. The molecular weight excluding hydrogens is 695 g/mol. The molecule has 0 fully saturated rings. The van der Waals surface area contributed by atoms with Crippen molar-refractivity contribution in [3.63, 3.8) is 0 Å². The highest BCUT2D eigenvalue weighted by atomic mass is 31.2. The quantitative estimate of drug-likeness (QED) is 0.0240. The normalized spacial score (nSPS) is 14.4. The van der Waals surface area contributed by atoms with E-state index in [9.17, 15) is 24.2 Å². The molecule has 0 radical (unpaired) electrons. The number of aliphatic hydroxyl groups excluding tert-OH is 2. The molecule has 11 heteroatoms. The van der Waals surface area contributed by atoms with Gasteiger partial charge in [0.25, 0.3) is 0 Å². The highest BCUT2D eigenvalue weighted by molar-refractivity contribution is 7.47. The molecule has 3 atom stereocenters. The van der Waals surface area contributed by atoms with Gasteiger partial charge in [0, 0.05) is 12.8 Å². The van der Waals surface area contributed by atoms with Crippen molar-refractivity contribution in [3.05, 3.63) is 48.6 Å². The van der Waals surface area contributed by atoms with Gasteiger partial charge in [-0.3, -0.25) is 18.6 Å². The van der Waals surface area contributed by atoms with Crippen LogP contribution < -0.4 is 0 Å². The van der Waals surface area contributed by atoms with Crippen LogP contribution in [0.2, 0.25) is 0 Å². The molecule has 0 aliphatic rings. The van der Waals surface area contributed by atoms with Crippen LogP contribution in [0, 0.1) is 0 Å². The van der Waals surface area contributed by atoms with E-state index in [1.54, 1.807) is 0 Å². The van der Waals surface area contributed by atoms with Crippen LogP contribution in [0.3, 0.4) is 0 Å². The van der Waals surface area contributed by atoms with Crippen molar-refractivity contribution in [2.45, 2.75) is 180 Å². The lowest BCUT2D eigenvalue weighted by Gasteiger charge is -2.20. The van der Waals surface area contributed by atoms with Gasteiger partial charge < -0.3 is 24.6 Å². The fourth-order valence-electron chi connectivity index (χ4n) is 5.21. The summed E-state index contributed by atoms with van der Waals surface area (Å²) in [6.45, 7) is 2.26. The van der Waals surface area contributed by atoms with Crippen LogP contribution in [0.5, 0.6) is 0 Å². The summed E-state index contributed by atoms with van der Waals surface area (Å²) < 4.78 is 32.6. The van der Waals surface area contributed by atoms with Crippen LogP contribution in [0.25, 0.3) is 0 Å². The van der Waals surface area contributed by atoms with E-state index in [1.165, 1.54) is 77.0 Å². The average Bonchev–Trinajstić information content (AvgIpc) is 3.14. The minimum absolute atomic E-state index is 0.172. The molecule has 1 unspecified atom stereocenters. The maximum absolute atomic E-state index is 12.6. The van der Waals surface area contributed by atoms with E-state index >= 15 is 0 Å². The number of rotatable bonds is 38. The first-order chi connectivity index (χ1) is 25.7. The third-order valence-electron chi connectivity index (χ3n) is 8.46. The molecule has 0 aromatic carbocycles. The highest BCUT2D eigenvalue weighted by Crippen LogP contribution is 2.43. The Balaban J connectivity index is 4.40. The number of allylic oxidation sites excluding steroid dienone is 8. The fourth-order valence-corrected chi connectivity index (χ4v) is 6.00. The monoisotopic (exact) mass is 771 g/mol. The molecule has 53 heavy (non-hydrogen) atoms. The molecule has 0 heterocycles. The van der Waals surface area contributed by atoms with E-state index in [-0.39, 0.29) is 19.4 Å². The molecular formula is C42H75O10P. The number of ether oxygens (including phenoxy) is 2. The molecule has 0 rings (SSSR count). The predicted octanol–water partition coefficient (Wildman–Crippen LogP) is 10.6. The van der Waals surface area contributed by atoms with Gasteiger partial charge in [-0.15, -0.1) is 0 Å². The third kappa shape index (κ3) is 38.0. The first kappa shape index (κ1) is 50.9. The number of esters is 2. The van der Waals surface area contributed by atoms with Crippen molar-refractivity contribution in [2.24, 2.45) is 0 Å². The van der Waals surface area contributed by atoms with E-state index in [4.69, 9.17) is 19.1 Å². The molecule has 0 spiro atoms. The molecule has 0 aromatic rings. The molecule has 0 bridgehead atoms. The largest absolute Gasteiger partial charge is 0.472 e. The summed E-state index contributed by atoms with van der Waals surface area (Å²) in [5, 5.41) is 18.3.